The fraction of sp³-hybridized carbons (Fsp3) is 1.00. The summed E-state index contributed by atoms with van der Waals surface area (Å²) in [4.78, 5) is 0. The molecule has 6 rings (SSSR count). The van der Waals surface area contributed by atoms with Crippen molar-refractivity contribution < 1.29 is 48.8 Å². The van der Waals surface area contributed by atoms with Gasteiger partial charge in [0, 0.05) is 25.7 Å². The van der Waals surface area contributed by atoms with Crippen LogP contribution in [0.4, 0.5) is 0 Å². The van der Waals surface area contributed by atoms with Gasteiger partial charge < -0.3 is 48.8 Å². The second-order valence-electron chi connectivity index (χ2n) is 9.10. The Balaban J connectivity index is 0.000000164. The van der Waals surface area contributed by atoms with E-state index in [-0.39, 0.29) is 36.2 Å². The molecular formula is C20H32O10. The largest absolute Gasteiger partial charge is 0.394 e. The smallest absolute Gasteiger partial charge is 0.190 e. The van der Waals surface area contributed by atoms with Gasteiger partial charge in [0.2, 0.25) is 0 Å². The van der Waals surface area contributed by atoms with Crippen LogP contribution in [-0.2, 0) is 28.4 Å². The summed E-state index contributed by atoms with van der Waals surface area (Å²) in [5.74, 6) is -0.751. The summed E-state index contributed by atoms with van der Waals surface area (Å²) < 4.78 is 35.2. The van der Waals surface area contributed by atoms with Crippen molar-refractivity contribution in [1.82, 2.24) is 0 Å². The van der Waals surface area contributed by atoms with E-state index in [1.165, 1.54) is 25.7 Å². The molecule has 0 aromatic rings. The number of aliphatic hydroxyl groups is 4. The van der Waals surface area contributed by atoms with Crippen LogP contribution in [0.25, 0.3) is 0 Å². The normalized spacial score (nSPS) is 48.0. The average molecular weight is 432 g/mol. The van der Waals surface area contributed by atoms with Gasteiger partial charge in [-0.3, -0.25) is 0 Å². The Kier molecular flexibility index (Phi) is 5.85. The lowest BCUT2D eigenvalue weighted by atomic mass is 10.1. The fourth-order valence-corrected chi connectivity index (χ4v) is 5.40. The standard InChI is InChI=1S/C15H22O5.C5H10O5/c1-2-6-14(5-1)16-9-10-11(18-14)12-13(17-10)20-15(19-12)7-3-4-8-15;6-1-2-3(7)4(8)5(9)10-2/h10-13H,1-9H2;2-9H,1H2/t10-,11+,12-,13-;/m1./s1. The van der Waals surface area contributed by atoms with Crippen molar-refractivity contribution in [3.8, 4) is 0 Å². The maximum absolute atomic E-state index is 8.93. The molecular weight excluding hydrogens is 400 g/mol. The molecule has 4 N–H and O–H groups in total. The molecule has 2 spiro atoms. The summed E-state index contributed by atoms with van der Waals surface area (Å²) in [6.07, 6.45) is 3.58. The first-order valence-corrected chi connectivity index (χ1v) is 11.1. The molecule has 10 heteroatoms. The van der Waals surface area contributed by atoms with E-state index in [0.29, 0.717) is 6.61 Å². The number of hydrogen-bond acceptors (Lipinski definition) is 10. The number of fused-ring (bicyclic) bond motifs is 3. The van der Waals surface area contributed by atoms with Crippen molar-refractivity contribution in [2.45, 2.75) is 112 Å². The molecule has 0 amide bonds. The summed E-state index contributed by atoms with van der Waals surface area (Å²) in [6, 6.07) is 0. The van der Waals surface area contributed by atoms with E-state index in [2.05, 4.69) is 4.74 Å². The van der Waals surface area contributed by atoms with Crippen LogP contribution in [0.15, 0.2) is 0 Å². The Morgan fingerprint density at radius 1 is 0.733 bits per heavy atom. The summed E-state index contributed by atoms with van der Waals surface area (Å²) in [5.41, 5.74) is 0. The van der Waals surface area contributed by atoms with Crippen LogP contribution in [0.2, 0.25) is 0 Å². The van der Waals surface area contributed by atoms with Crippen LogP contribution < -0.4 is 0 Å². The Hall–Kier alpha value is -0.400. The van der Waals surface area contributed by atoms with Crippen LogP contribution in [0.3, 0.4) is 0 Å². The molecule has 4 unspecified atom stereocenters. The van der Waals surface area contributed by atoms with Gasteiger partial charge in [-0.1, -0.05) is 0 Å². The number of aliphatic hydroxyl groups excluding tert-OH is 4. The third kappa shape index (κ3) is 3.71. The second-order valence-corrected chi connectivity index (χ2v) is 9.10. The molecule has 4 saturated heterocycles. The van der Waals surface area contributed by atoms with Gasteiger partial charge >= 0.3 is 0 Å². The van der Waals surface area contributed by atoms with Gasteiger partial charge in [0.15, 0.2) is 24.2 Å². The van der Waals surface area contributed by atoms with Crippen molar-refractivity contribution in [2.24, 2.45) is 0 Å². The highest BCUT2D eigenvalue weighted by molar-refractivity contribution is 5.00. The number of rotatable bonds is 1. The summed E-state index contributed by atoms with van der Waals surface area (Å²) in [6.45, 7) is 0.201. The summed E-state index contributed by atoms with van der Waals surface area (Å²) in [7, 11) is 0. The molecule has 0 radical (unpaired) electrons. The van der Waals surface area contributed by atoms with Crippen LogP contribution in [0, 0.1) is 0 Å². The van der Waals surface area contributed by atoms with Crippen molar-refractivity contribution in [2.75, 3.05) is 13.2 Å². The maximum Gasteiger partial charge on any atom is 0.190 e. The van der Waals surface area contributed by atoms with Crippen LogP contribution in [0.1, 0.15) is 51.4 Å². The number of ether oxygens (including phenoxy) is 6. The van der Waals surface area contributed by atoms with Crippen molar-refractivity contribution in [1.29, 1.82) is 0 Å². The Labute approximate surface area is 175 Å². The van der Waals surface area contributed by atoms with Gasteiger partial charge in [0.1, 0.15) is 36.6 Å². The van der Waals surface area contributed by atoms with Crippen LogP contribution >= 0.6 is 0 Å². The van der Waals surface area contributed by atoms with Crippen molar-refractivity contribution in [3.63, 3.8) is 0 Å². The van der Waals surface area contributed by atoms with E-state index in [0.717, 1.165) is 25.7 Å². The van der Waals surface area contributed by atoms with Gasteiger partial charge in [-0.25, -0.2) is 0 Å². The highest BCUT2D eigenvalue weighted by Crippen LogP contribution is 2.50. The lowest BCUT2D eigenvalue weighted by molar-refractivity contribution is -0.332. The second kappa shape index (κ2) is 8.18. The Morgan fingerprint density at radius 2 is 1.37 bits per heavy atom. The summed E-state index contributed by atoms with van der Waals surface area (Å²) >= 11 is 0. The first-order valence-electron chi connectivity index (χ1n) is 11.1. The van der Waals surface area contributed by atoms with E-state index >= 15 is 0 Å². The molecule has 0 bridgehead atoms. The molecule has 6 fully saturated rings. The van der Waals surface area contributed by atoms with Gasteiger partial charge in [0.25, 0.3) is 0 Å². The molecule has 0 aromatic heterocycles. The van der Waals surface area contributed by atoms with Crippen molar-refractivity contribution in [3.05, 3.63) is 0 Å². The minimum absolute atomic E-state index is 0.0215. The van der Waals surface area contributed by atoms with Gasteiger partial charge in [0.05, 0.1) is 13.2 Å². The maximum atomic E-state index is 8.93. The average Bonchev–Trinajstić information content (AvgIpc) is 3.55. The highest BCUT2D eigenvalue weighted by atomic mass is 16.9. The van der Waals surface area contributed by atoms with E-state index < -0.39 is 31.2 Å². The third-order valence-electron chi connectivity index (χ3n) is 7.06. The molecule has 6 aliphatic rings. The molecule has 10 nitrogen and oxygen atoms in total. The zero-order valence-electron chi connectivity index (χ0n) is 16.9. The van der Waals surface area contributed by atoms with Crippen LogP contribution in [0.5, 0.6) is 0 Å². The predicted octanol–water partition coefficient (Wildman–Crippen LogP) is -0.500. The predicted molar refractivity (Wildman–Crippen MR) is 97.8 cm³/mol. The lowest BCUT2D eigenvalue weighted by Crippen LogP contribution is -2.52. The van der Waals surface area contributed by atoms with E-state index in [1.807, 2.05) is 0 Å². The molecule has 0 aromatic carbocycles. The zero-order valence-corrected chi connectivity index (χ0v) is 16.9. The minimum atomic E-state index is -1.38. The van der Waals surface area contributed by atoms with Gasteiger partial charge in [-0.2, -0.15) is 0 Å². The van der Waals surface area contributed by atoms with Crippen molar-refractivity contribution >= 4 is 0 Å². The Bertz CT molecular complexity index is 604. The first-order chi connectivity index (χ1) is 14.4. The fourth-order valence-electron chi connectivity index (χ4n) is 5.40. The molecule has 2 saturated carbocycles. The topological polar surface area (TPSA) is 136 Å². The SMILES string of the molecule is C1CCC2(C1)OC[C@H]1O[C@@H]3OC4(CCCC4)O[C@@H]3[C@H]1O2.OCC1OC(O)C(O)C1O. The number of hydrogen-bond donors (Lipinski definition) is 4. The van der Waals surface area contributed by atoms with E-state index in [9.17, 15) is 0 Å². The molecule has 30 heavy (non-hydrogen) atoms. The minimum Gasteiger partial charge on any atom is -0.394 e. The molecule has 4 aliphatic heterocycles. The highest BCUT2D eigenvalue weighted by Gasteiger charge is 2.62. The third-order valence-corrected chi connectivity index (χ3v) is 7.06. The van der Waals surface area contributed by atoms with Gasteiger partial charge in [-0.05, 0) is 25.7 Å². The quantitative estimate of drug-likeness (QED) is 0.429. The summed E-state index contributed by atoms with van der Waals surface area (Å²) in [5, 5.41) is 35.0. The molecule has 2 aliphatic carbocycles. The molecule has 4 heterocycles. The van der Waals surface area contributed by atoms with E-state index in [1.54, 1.807) is 0 Å². The molecule has 172 valence electrons. The Morgan fingerprint density at radius 3 is 1.93 bits per heavy atom. The first kappa shape index (κ1) is 21.4. The van der Waals surface area contributed by atoms with E-state index in [4.69, 9.17) is 44.1 Å². The lowest BCUT2D eigenvalue weighted by Gasteiger charge is -2.41. The van der Waals surface area contributed by atoms with Crippen LogP contribution in [-0.4, -0.2) is 94.4 Å². The zero-order chi connectivity index (χ0) is 20.9. The van der Waals surface area contributed by atoms with Gasteiger partial charge in [-0.15, -0.1) is 0 Å². The molecule has 8 atom stereocenters. The monoisotopic (exact) mass is 432 g/mol.